The smallest absolute Gasteiger partial charge is 0.261 e. The topological polar surface area (TPSA) is 73.2 Å². The monoisotopic (exact) mass is 379 g/mol. The number of amides is 1. The molecule has 1 saturated heterocycles. The molecule has 122 valence electrons. The molecule has 3 rings (SSSR count). The van der Waals surface area contributed by atoms with Crippen molar-refractivity contribution in [3.8, 4) is 0 Å². The van der Waals surface area contributed by atoms with Crippen molar-refractivity contribution in [1.82, 2.24) is 14.9 Å². The summed E-state index contributed by atoms with van der Waals surface area (Å²) in [6.45, 7) is 1.62. The van der Waals surface area contributed by atoms with Gasteiger partial charge in [0.2, 0.25) is 5.91 Å². The summed E-state index contributed by atoms with van der Waals surface area (Å²) in [7, 11) is 0. The van der Waals surface area contributed by atoms with Crippen molar-refractivity contribution in [1.29, 1.82) is 0 Å². The Morgan fingerprint density at radius 3 is 3.13 bits per heavy atom. The number of nitrogens with zero attached hydrogens (tertiary/aromatic N) is 2. The van der Waals surface area contributed by atoms with E-state index in [-0.39, 0.29) is 24.0 Å². The normalized spacial score (nSPS) is 17.5. The zero-order valence-corrected chi connectivity index (χ0v) is 14.2. The first-order valence-electron chi connectivity index (χ1n) is 7.66. The Balaban J connectivity index is 1.61. The van der Waals surface area contributed by atoms with Crippen LogP contribution in [0.4, 0.5) is 0 Å². The summed E-state index contributed by atoms with van der Waals surface area (Å²) in [5, 5.41) is 3.40. The van der Waals surface area contributed by atoms with Crippen LogP contribution in [0.15, 0.2) is 33.8 Å². The lowest BCUT2D eigenvalue weighted by atomic mass is 10.2. The summed E-state index contributed by atoms with van der Waals surface area (Å²) in [5.74, 6) is -0.0817. The predicted molar refractivity (Wildman–Crippen MR) is 90.3 cm³/mol. The molecule has 1 aliphatic heterocycles. The highest BCUT2D eigenvalue weighted by Gasteiger charge is 2.16. The van der Waals surface area contributed by atoms with E-state index in [4.69, 9.17) is 4.74 Å². The van der Waals surface area contributed by atoms with E-state index in [1.54, 1.807) is 12.1 Å². The quantitative estimate of drug-likeness (QED) is 0.859. The van der Waals surface area contributed by atoms with Gasteiger partial charge in [0.05, 0.1) is 23.3 Å². The molecule has 1 amide bonds. The molecule has 6 nitrogen and oxygen atoms in total. The van der Waals surface area contributed by atoms with Crippen molar-refractivity contribution in [2.45, 2.75) is 31.9 Å². The molecule has 0 spiro atoms. The molecule has 0 saturated carbocycles. The van der Waals surface area contributed by atoms with Crippen molar-refractivity contribution < 1.29 is 9.53 Å². The Kier molecular flexibility index (Phi) is 5.07. The first kappa shape index (κ1) is 16.1. The highest BCUT2D eigenvalue weighted by atomic mass is 79.9. The van der Waals surface area contributed by atoms with E-state index >= 15 is 0 Å². The Morgan fingerprint density at radius 2 is 2.35 bits per heavy atom. The second kappa shape index (κ2) is 7.23. The van der Waals surface area contributed by atoms with Gasteiger partial charge in [0.25, 0.3) is 5.56 Å². The molecule has 1 aromatic carbocycles. The summed E-state index contributed by atoms with van der Waals surface area (Å²) in [6.07, 6.45) is 3.90. The zero-order valence-electron chi connectivity index (χ0n) is 12.6. The van der Waals surface area contributed by atoms with Gasteiger partial charge in [0.15, 0.2) is 0 Å². The molecule has 0 bridgehead atoms. The van der Waals surface area contributed by atoms with Crippen molar-refractivity contribution >= 4 is 32.7 Å². The molecule has 1 aliphatic rings. The van der Waals surface area contributed by atoms with Crippen LogP contribution >= 0.6 is 15.9 Å². The van der Waals surface area contributed by atoms with Gasteiger partial charge >= 0.3 is 0 Å². The first-order chi connectivity index (χ1) is 11.1. The van der Waals surface area contributed by atoms with E-state index in [1.165, 1.54) is 10.9 Å². The Labute approximate surface area is 142 Å². The number of ether oxygens (including phenoxy) is 1. The van der Waals surface area contributed by atoms with Gasteiger partial charge in [-0.25, -0.2) is 4.98 Å². The molecular formula is C16H18BrN3O3. The summed E-state index contributed by atoms with van der Waals surface area (Å²) in [4.78, 5) is 28.6. The van der Waals surface area contributed by atoms with Gasteiger partial charge in [0.1, 0.15) is 0 Å². The van der Waals surface area contributed by atoms with Gasteiger partial charge in [-0.05, 0) is 31.0 Å². The fourth-order valence-electron chi connectivity index (χ4n) is 2.63. The fraction of sp³-hybridized carbons (Fsp3) is 0.438. The van der Waals surface area contributed by atoms with Gasteiger partial charge in [-0.15, -0.1) is 0 Å². The van der Waals surface area contributed by atoms with Crippen LogP contribution in [0, 0.1) is 0 Å². The van der Waals surface area contributed by atoms with Crippen molar-refractivity contribution in [3.05, 3.63) is 39.4 Å². The number of hydrogen-bond acceptors (Lipinski definition) is 4. The molecule has 1 aromatic heterocycles. The third-order valence-corrected chi connectivity index (χ3v) is 4.41. The molecule has 1 atom stereocenters. The molecule has 1 fully saturated rings. The fourth-order valence-corrected chi connectivity index (χ4v) is 2.99. The molecule has 0 radical (unpaired) electrons. The summed E-state index contributed by atoms with van der Waals surface area (Å²) >= 11 is 3.35. The number of aryl methyl sites for hydroxylation is 1. The maximum Gasteiger partial charge on any atom is 0.261 e. The van der Waals surface area contributed by atoms with Crippen LogP contribution in [0.5, 0.6) is 0 Å². The van der Waals surface area contributed by atoms with Crippen LogP contribution in [-0.2, 0) is 16.1 Å². The molecule has 0 aliphatic carbocycles. The number of carbonyl (C=O) groups is 1. The van der Waals surface area contributed by atoms with Crippen LogP contribution in [0.2, 0.25) is 0 Å². The number of rotatable bonds is 5. The number of halogens is 1. The number of fused-ring (bicyclic) bond motifs is 1. The van der Waals surface area contributed by atoms with Gasteiger partial charge in [-0.3, -0.25) is 14.2 Å². The van der Waals surface area contributed by atoms with E-state index in [0.717, 1.165) is 23.9 Å². The Hall–Kier alpha value is -1.73. The molecule has 1 unspecified atom stereocenters. The van der Waals surface area contributed by atoms with Crippen LogP contribution in [0.3, 0.4) is 0 Å². The van der Waals surface area contributed by atoms with Crippen LogP contribution in [0.1, 0.15) is 19.3 Å². The van der Waals surface area contributed by atoms with E-state index in [2.05, 4.69) is 26.2 Å². The molecular weight excluding hydrogens is 362 g/mol. The maximum absolute atomic E-state index is 12.4. The highest BCUT2D eigenvalue weighted by Crippen LogP contribution is 2.15. The lowest BCUT2D eigenvalue weighted by Gasteiger charge is -2.11. The summed E-state index contributed by atoms with van der Waals surface area (Å²) in [5.41, 5.74) is 0.514. The largest absolute Gasteiger partial charge is 0.376 e. The van der Waals surface area contributed by atoms with Crippen molar-refractivity contribution in [2.24, 2.45) is 0 Å². The molecule has 2 heterocycles. The molecule has 1 N–H and O–H groups in total. The van der Waals surface area contributed by atoms with Gasteiger partial charge in [-0.1, -0.05) is 15.9 Å². The van der Waals surface area contributed by atoms with Gasteiger partial charge < -0.3 is 10.1 Å². The number of benzene rings is 1. The second-order valence-electron chi connectivity index (χ2n) is 5.59. The SMILES string of the molecule is O=C(CCn1cnc2ccc(Br)cc2c1=O)NCC1CCCO1. The third-order valence-electron chi connectivity index (χ3n) is 3.92. The number of carbonyl (C=O) groups excluding carboxylic acids is 1. The molecule has 7 heteroatoms. The van der Waals surface area contributed by atoms with E-state index in [9.17, 15) is 9.59 Å². The average Bonchev–Trinajstić information content (AvgIpc) is 3.06. The van der Waals surface area contributed by atoms with Crippen molar-refractivity contribution in [2.75, 3.05) is 13.2 Å². The standard InChI is InChI=1S/C16H18BrN3O3/c17-11-3-4-14-13(8-11)16(22)20(10-19-14)6-5-15(21)18-9-12-2-1-7-23-12/h3-4,8,10,12H,1-2,5-7,9H2,(H,18,21). The summed E-state index contributed by atoms with van der Waals surface area (Å²) < 4.78 is 7.76. The minimum Gasteiger partial charge on any atom is -0.376 e. The Morgan fingerprint density at radius 1 is 1.48 bits per heavy atom. The number of hydrogen-bond donors (Lipinski definition) is 1. The Bertz CT molecular complexity index is 769. The highest BCUT2D eigenvalue weighted by molar-refractivity contribution is 9.10. The van der Waals surface area contributed by atoms with Crippen LogP contribution in [-0.4, -0.2) is 34.7 Å². The lowest BCUT2D eigenvalue weighted by Crippen LogP contribution is -2.33. The summed E-state index contributed by atoms with van der Waals surface area (Å²) in [6, 6.07) is 5.38. The van der Waals surface area contributed by atoms with Crippen LogP contribution in [0.25, 0.3) is 10.9 Å². The van der Waals surface area contributed by atoms with Gasteiger partial charge in [-0.2, -0.15) is 0 Å². The third kappa shape index (κ3) is 3.97. The minimum absolute atomic E-state index is 0.0817. The maximum atomic E-state index is 12.4. The van der Waals surface area contributed by atoms with Crippen LogP contribution < -0.4 is 10.9 Å². The molecule has 23 heavy (non-hydrogen) atoms. The molecule has 2 aromatic rings. The number of nitrogens with one attached hydrogen (secondary N) is 1. The lowest BCUT2D eigenvalue weighted by molar-refractivity contribution is -0.121. The minimum atomic E-state index is -0.136. The second-order valence-corrected chi connectivity index (χ2v) is 6.51. The van der Waals surface area contributed by atoms with E-state index in [1.807, 2.05) is 6.07 Å². The average molecular weight is 380 g/mol. The number of aromatic nitrogens is 2. The van der Waals surface area contributed by atoms with E-state index in [0.29, 0.717) is 24.0 Å². The van der Waals surface area contributed by atoms with Crippen molar-refractivity contribution in [3.63, 3.8) is 0 Å². The van der Waals surface area contributed by atoms with E-state index < -0.39 is 0 Å². The van der Waals surface area contributed by atoms with Gasteiger partial charge in [0, 0.05) is 30.6 Å². The zero-order chi connectivity index (χ0) is 16.2. The first-order valence-corrected chi connectivity index (χ1v) is 8.46. The predicted octanol–water partition coefficient (Wildman–Crippen LogP) is 1.84.